The molecule has 1 N–H and O–H groups in total. The van der Waals surface area contributed by atoms with Gasteiger partial charge in [-0.3, -0.25) is 0 Å². The van der Waals surface area contributed by atoms with Gasteiger partial charge in [-0.1, -0.05) is 5.92 Å². The second kappa shape index (κ2) is 4.24. The fraction of sp³-hybridized carbons (Fsp3) is 0.222. The van der Waals surface area contributed by atoms with E-state index in [9.17, 15) is 0 Å². The summed E-state index contributed by atoms with van der Waals surface area (Å²) in [5.74, 6) is 5.27. The Bertz CT molecular complexity index is 338. The first-order chi connectivity index (χ1) is 5.74. The van der Waals surface area contributed by atoms with Crippen molar-refractivity contribution in [3.8, 4) is 11.8 Å². The second-order valence-electron chi connectivity index (χ2n) is 2.22. The van der Waals surface area contributed by atoms with Crippen molar-refractivity contribution in [3.63, 3.8) is 0 Å². The molecule has 0 radical (unpaired) electrons. The van der Waals surface area contributed by atoms with Crippen molar-refractivity contribution in [1.82, 2.24) is 4.98 Å². The van der Waals surface area contributed by atoms with E-state index in [0.717, 1.165) is 10.2 Å². The zero-order valence-corrected chi connectivity index (χ0v) is 8.22. The minimum absolute atomic E-state index is 0.128. The smallest absolute Gasteiger partial charge is 0.113 e. The number of aliphatic hydroxyl groups is 1. The molecule has 0 bridgehead atoms. The molecular weight excluding hydrogens is 218 g/mol. The summed E-state index contributed by atoms with van der Waals surface area (Å²) in [6, 6.07) is 3.70. The Kier molecular flexibility index (Phi) is 3.27. The topological polar surface area (TPSA) is 33.1 Å². The van der Waals surface area contributed by atoms with E-state index in [2.05, 4.69) is 32.8 Å². The monoisotopic (exact) mass is 225 g/mol. The largest absolute Gasteiger partial charge is 0.384 e. The number of aromatic nitrogens is 1. The molecule has 0 aromatic carbocycles. The zero-order chi connectivity index (χ0) is 8.97. The van der Waals surface area contributed by atoms with Gasteiger partial charge in [0.25, 0.3) is 0 Å². The van der Waals surface area contributed by atoms with Crippen LogP contribution in [0.3, 0.4) is 0 Å². The fourth-order valence-electron chi connectivity index (χ4n) is 0.744. The third kappa shape index (κ3) is 2.33. The van der Waals surface area contributed by atoms with Gasteiger partial charge in [0.1, 0.15) is 12.3 Å². The third-order valence-electron chi connectivity index (χ3n) is 1.32. The van der Waals surface area contributed by atoms with E-state index in [4.69, 9.17) is 5.11 Å². The first-order valence-electron chi connectivity index (χ1n) is 3.47. The molecule has 1 rings (SSSR count). The van der Waals surface area contributed by atoms with Crippen LogP contribution in [0.2, 0.25) is 0 Å². The number of aryl methyl sites for hydroxylation is 1. The summed E-state index contributed by atoms with van der Waals surface area (Å²) in [6.07, 6.45) is 0. The van der Waals surface area contributed by atoms with Gasteiger partial charge in [-0.15, -0.1) is 0 Å². The van der Waals surface area contributed by atoms with Crippen LogP contribution >= 0.6 is 15.9 Å². The number of nitrogens with zero attached hydrogens (tertiary/aromatic N) is 1. The lowest BCUT2D eigenvalue weighted by molar-refractivity contribution is 0.350. The van der Waals surface area contributed by atoms with E-state index in [1.54, 1.807) is 6.07 Å². The lowest BCUT2D eigenvalue weighted by Gasteiger charge is -1.95. The van der Waals surface area contributed by atoms with Crippen LogP contribution in [0, 0.1) is 18.8 Å². The normalized spacial score (nSPS) is 8.92. The highest BCUT2D eigenvalue weighted by Gasteiger charge is 1.94. The van der Waals surface area contributed by atoms with Gasteiger partial charge in [-0.2, -0.15) is 0 Å². The highest BCUT2D eigenvalue weighted by molar-refractivity contribution is 9.10. The van der Waals surface area contributed by atoms with E-state index in [-0.39, 0.29) is 6.61 Å². The van der Waals surface area contributed by atoms with Crippen LogP contribution in [0.4, 0.5) is 0 Å². The summed E-state index contributed by atoms with van der Waals surface area (Å²) < 4.78 is 0.969. The predicted octanol–water partition coefficient (Wildman–Crippen LogP) is 1.50. The zero-order valence-electron chi connectivity index (χ0n) is 6.63. The van der Waals surface area contributed by atoms with Crippen LogP contribution in [0.5, 0.6) is 0 Å². The minimum atomic E-state index is -0.128. The van der Waals surface area contributed by atoms with Gasteiger partial charge in [0, 0.05) is 4.47 Å². The summed E-state index contributed by atoms with van der Waals surface area (Å²) in [4.78, 5) is 4.18. The van der Waals surface area contributed by atoms with Crippen molar-refractivity contribution in [1.29, 1.82) is 0 Å². The Morgan fingerprint density at radius 2 is 2.33 bits per heavy atom. The SMILES string of the molecule is Cc1nc(C#CCO)ccc1Br. The standard InChI is InChI=1S/C9H8BrNO/c1-7-9(10)5-4-8(11-7)3-2-6-12/h4-5,12H,6H2,1H3. The molecule has 1 aromatic heterocycles. The van der Waals surface area contributed by atoms with Crippen molar-refractivity contribution < 1.29 is 5.11 Å². The molecule has 0 amide bonds. The Morgan fingerprint density at radius 3 is 2.92 bits per heavy atom. The Morgan fingerprint density at radius 1 is 1.58 bits per heavy atom. The van der Waals surface area contributed by atoms with Crippen molar-refractivity contribution in [2.75, 3.05) is 6.61 Å². The molecule has 3 heteroatoms. The molecule has 0 fully saturated rings. The maximum Gasteiger partial charge on any atom is 0.113 e. The van der Waals surface area contributed by atoms with Gasteiger partial charge in [0.15, 0.2) is 0 Å². The molecule has 0 saturated carbocycles. The Balaban J connectivity index is 2.97. The lowest BCUT2D eigenvalue weighted by Crippen LogP contribution is -1.87. The summed E-state index contributed by atoms with van der Waals surface area (Å²) in [5.41, 5.74) is 1.59. The summed E-state index contributed by atoms with van der Waals surface area (Å²) in [5, 5.41) is 8.44. The summed E-state index contributed by atoms with van der Waals surface area (Å²) in [6.45, 7) is 1.77. The van der Waals surface area contributed by atoms with E-state index < -0.39 is 0 Å². The first-order valence-corrected chi connectivity index (χ1v) is 4.26. The van der Waals surface area contributed by atoms with Crippen molar-refractivity contribution >= 4 is 15.9 Å². The minimum Gasteiger partial charge on any atom is -0.384 e. The molecule has 0 atom stereocenters. The molecule has 0 saturated heterocycles. The molecular formula is C9H8BrNO. The number of aliphatic hydroxyl groups excluding tert-OH is 1. The molecule has 1 aromatic rings. The highest BCUT2D eigenvalue weighted by Crippen LogP contribution is 2.12. The number of halogens is 1. The molecule has 0 spiro atoms. The van der Waals surface area contributed by atoms with E-state index in [1.807, 2.05) is 13.0 Å². The van der Waals surface area contributed by atoms with Crippen molar-refractivity contribution in [2.45, 2.75) is 6.92 Å². The fourth-order valence-corrected chi connectivity index (χ4v) is 0.965. The predicted molar refractivity (Wildman–Crippen MR) is 50.6 cm³/mol. The van der Waals surface area contributed by atoms with Gasteiger partial charge < -0.3 is 5.11 Å². The second-order valence-corrected chi connectivity index (χ2v) is 3.08. The van der Waals surface area contributed by atoms with Crippen LogP contribution in [-0.4, -0.2) is 16.7 Å². The molecule has 2 nitrogen and oxygen atoms in total. The van der Waals surface area contributed by atoms with Gasteiger partial charge in [-0.25, -0.2) is 4.98 Å². The third-order valence-corrected chi connectivity index (χ3v) is 2.15. The van der Waals surface area contributed by atoms with E-state index in [1.165, 1.54) is 0 Å². The quantitative estimate of drug-likeness (QED) is 0.680. The number of pyridine rings is 1. The first kappa shape index (κ1) is 9.24. The van der Waals surface area contributed by atoms with Crippen LogP contribution in [0.1, 0.15) is 11.4 Å². The van der Waals surface area contributed by atoms with Crippen LogP contribution in [0.25, 0.3) is 0 Å². The van der Waals surface area contributed by atoms with Gasteiger partial charge >= 0.3 is 0 Å². The van der Waals surface area contributed by atoms with Gasteiger partial charge in [-0.05, 0) is 40.9 Å². The average Bonchev–Trinajstić information content (AvgIpc) is 2.07. The Labute approximate surface area is 79.8 Å². The van der Waals surface area contributed by atoms with Gasteiger partial charge in [0.2, 0.25) is 0 Å². The molecule has 62 valence electrons. The summed E-state index contributed by atoms with van der Waals surface area (Å²) >= 11 is 3.34. The molecule has 0 aliphatic rings. The summed E-state index contributed by atoms with van der Waals surface area (Å²) in [7, 11) is 0. The average molecular weight is 226 g/mol. The van der Waals surface area contributed by atoms with E-state index in [0.29, 0.717) is 5.69 Å². The van der Waals surface area contributed by atoms with Crippen LogP contribution in [0.15, 0.2) is 16.6 Å². The van der Waals surface area contributed by atoms with E-state index >= 15 is 0 Å². The Hall–Kier alpha value is -0.850. The highest BCUT2D eigenvalue weighted by atomic mass is 79.9. The molecule has 1 heterocycles. The molecule has 0 unspecified atom stereocenters. The number of hydrogen-bond donors (Lipinski definition) is 1. The maximum absolute atomic E-state index is 8.44. The number of hydrogen-bond acceptors (Lipinski definition) is 2. The maximum atomic E-state index is 8.44. The van der Waals surface area contributed by atoms with Crippen LogP contribution < -0.4 is 0 Å². The lowest BCUT2D eigenvalue weighted by atomic mass is 10.3. The van der Waals surface area contributed by atoms with Crippen molar-refractivity contribution in [2.24, 2.45) is 0 Å². The number of rotatable bonds is 0. The van der Waals surface area contributed by atoms with Gasteiger partial charge in [0.05, 0.1) is 5.69 Å². The molecule has 0 aliphatic heterocycles. The molecule has 0 aliphatic carbocycles. The molecule has 12 heavy (non-hydrogen) atoms. The van der Waals surface area contributed by atoms with Crippen molar-refractivity contribution in [3.05, 3.63) is 28.0 Å². The van der Waals surface area contributed by atoms with Crippen LogP contribution in [-0.2, 0) is 0 Å².